The van der Waals surface area contributed by atoms with E-state index in [0.717, 1.165) is 42.8 Å². The summed E-state index contributed by atoms with van der Waals surface area (Å²) in [6.45, 7) is 5.16. The van der Waals surface area contributed by atoms with Gasteiger partial charge < -0.3 is 26.2 Å². The molecule has 11 heteroatoms. The summed E-state index contributed by atoms with van der Waals surface area (Å²) in [5, 5.41) is 15.6. The van der Waals surface area contributed by atoms with Crippen LogP contribution in [0.15, 0.2) is 36.7 Å². The second kappa shape index (κ2) is 12.6. The molecule has 3 aromatic rings. The van der Waals surface area contributed by atoms with Crippen molar-refractivity contribution < 1.29 is 19.4 Å². The molecular weight excluding hydrogens is 498 g/mol. The molecule has 2 amide bonds. The lowest BCUT2D eigenvalue weighted by Gasteiger charge is -2.14. The van der Waals surface area contributed by atoms with E-state index in [0.29, 0.717) is 34.2 Å². The summed E-state index contributed by atoms with van der Waals surface area (Å²) in [5.74, 6) is 1.32. The van der Waals surface area contributed by atoms with Crippen molar-refractivity contribution in [3.05, 3.63) is 42.4 Å². The molecule has 2 fully saturated rings. The Balaban J connectivity index is 0.00000112. The van der Waals surface area contributed by atoms with Crippen LogP contribution in [0.3, 0.4) is 0 Å². The molecule has 39 heavy (non-hydrogen) atoms. The largest absolute Gasteiger partial charge is 0.475 e. The predicted molar refractivity (Wildman–Crippen MR) is 148 cm³/mol. The van der Waals surface area contributed by atoms with Crippen molar-refractivity contribution in [2.24, 2.45) is 17.1 Å². The lowest BCUT2D eigenvalue weighted by atomic mass is 10.1. The highest BCUT2D eigenvalue weighted by atomic mass is 16.5. The number of hydrogen-bond acceptors (Lipinski definition) is 9. The number of aliphatic hydroxyl groups is 1. The maximum atomic E-state index is 12.2. The number of carbonyl (C=O) groups is 2. The monoisotopic (exact) mass is 533 g/mol. The van der Waals surface area contributed by atoms with Crippen molar-refractivity contribution >= 4 is 23.8 Å². The molecule has 5 rings (SSSR count). The first kappa shape index (κ1) is 27.9. The number of aromatic nitrogens is 4. The average Bonchev–Trinajstić information content (AvgIpc) is 3.86. The molecule has 0 spiro atoms. The number of ether oxygens (including phenoxy) is 1. The third kappa shape index (κ3) is 7.93. The lowest BCUT2D eigenvalue weighted by Crippen LogP contribution is -2.14. The molecular formula is C28H35N7O4. The fraction of sp³-hybridized carbons (Fsp3) is 0.429. The van der Waals surface area contributed by atoms with Crippen LogP contribution in [-0.4, -0.2) is 57.1 Å². The zero-order valence-electron chi connectivity index (χ0n) is 22.3. The number of primary amides is 1. The van der Waals surface area contributed by atoms with Crippen LogP contribution in [0.1, 0.15) is 44.7 Å². The number of rotatable bonds is 11. The molecule has 2 saturated carbocycles. The molecule has 0 bridgehead atoms. The van der Waals surface area contributed by atoms with E-state index < -0.39 is 0 Å². The van der Waals surface area contributed by atoms with Gasteiger partial charge in [0, 0.05) is 41.5 Å². The number of carbonyl (C=O) groups excluding carboxylic acids is 2. The number of aryl methyl sites for hydroxylation is 1. The minimum atomic E-state index is -0.125. The molecule has 0 saturated heterocycles. The van der Waals surface area contributed by atoms with Gasteiger partial charge in [0.1, 0.15) is 12.4 Å². The van der Waals surface area contributed by atoms with E-state index in [9.17, 15) is 9.90 Å². The summed E-state index contributed by atoms with van der Waals surface area (Å²) in [6.07, 6.45) is 9.29. The normalized spacial score (nSPS) is 14.9. The van der Waals surface area contributed by atoms with Gasteiger partial charge in [-0.15, -0.1) is 0 Å². The molecule has 0 unspecified atom stereocenters. The molecule has 3 heterocycles. The summed E-state index contributed by atoms with van der Waals surface area (Å²) in [6, 6.07) is 7.36. The zero-order chi connectivity index (χ0) is 27.8. The SMILES string of the molecule is Cc1ncc(NCCC2(C)CC2)cc1-c1cc(OCCO)nc(-c2ccnc(NC(=O)C3CC3)c2)n1.NC=O. The number of amides is 2. The number of aliphatic hydroxyl groups excluding tert-OH is 1. The third-order valence-electron chi connectivity index (χ3n) is 6.79. The minimum Gasteiger partial charge on any atom is -0.475 e. The first-order chi connectivity index (χ1) is 18.8. The van der Waals surface area contributed by atoms with Gasteiger partial charge in [0.2, 0.25) is 18.2 Å². The number of hydrogen-bond donors (Lipinski definition) is 4. The fourth-order valence-corrected chi connectivity index (χ4v) is 3.99. The number of nitrogens with zero attached hydrogens (tertiary/aromatic N) is 4. The van der Waals surface area contributed by atoms with Gasteiger partial charge in [-0.05, 0) is 62.6 Å². The highest BCUT2D eigenvalue weighted by Crippen LogP contribution is 2.47. The Kier molecular flexibility index (Phi) is 9.03. The maximum Gasteiger partial charge on any atom is 0.228 e. The minimum absolute atomic E-state index is 0.0111. The molecule has 0 atom stereocenters. The van der Waals surface area contributed by atoms with E-state index in [2.05, 4.69) is 38.2 Å². The van der Waals surface area contributed by atoms with Crippen molar-refractivity contribution in [2.75, 3.05) is 30.4 Å². The van der Waals surface area contributed by atoms with Gasteiger partial charge >= 0.3 is 0 Å². The average molecular weight is 534 g/mol. The second-order valence-electron chi connectivity index (χ2n) is 10.2. The number of pyridine rings is 2. The topological polar surface area (TPSA) is 165 Å². The standard InChI is InChI=1S/C27H32N6O3.CH3NO/c1-17-21(14-20(16-30-17)28-10-8-27(2)6-7-27)22-15-24(36-12-11-34)33-25(31-22)19-5-9-29-23(13-19)32-26(35)18-3-4-18;2-1-3/h5,9,13-16,18,28,34H,3-4,6-8,10-12H2,1-2H3,(H,29,32,35);1H,(H2,2,3). The molecule has 2 aliphatic carbocycles. The quantitative estimate of drug-likeness (QED) is 0.270. The van der Waals surface area contributed by atoms with Crippen LogP contribution in [0.4, 0.5) is 11.5 Å². The lowest BCUT2D eigenvalue weighted by molar-refractivity contribution is -0.117. The maximum absolute atomic E-state index is 12.2. The van der Waals surface area contributed by atoms with E-state index in [1.807, 2.05) is 19.2 Å². The van der Waals surface area contributed by atoms with Gasteiger partial charge in [0.15, 0.2) is 5.82 Å². The van der Waals surface area contributed by atoms with Crippen molar-refractivity contribution in [1.29, 1.82) is 0 Å². The summed E-state index contributed by atoms with van der Waals surface area (Å²) in [7, 11) is 0. The number of anilines is 2. The van der Waals surface area contributed by atoms with E-state index >= 15 is 0 Å². The second-order valence-corrected chi connectivity index (χ2v) is 10.2. The summed E-state index contributed by atoms with van der Waals surface area (Å²) in [5.41, 5.74) is 8.65. The summed E-state index contributed by atoms with van der Waals surface area (Å²) < 4.78 is 5.67. The molecule has 2 aliphatic rings. The third-order valence-corrected chi connectivity index (χ3v) is 6.79. The molecule has 3 aromatic heterocycles. The highest BCUT2D eigenvalue weighted by molar-refractivity contribution is 5.93. The van der Waals surface area contributed by atoms with Crippen LogP contribution >= 0.6 is 0 Å². The molecule has 0 aliphatic heterocycles. The summed E-state index contributed by atoms with van der Waals surface area (Å²) >= 11 is 0. The van der Waals surface area contributed by atoms with E-state index in [4.69, 9.17) is 14.5 Å². The van der Waals surface area contributed by atoms with Crippen LogP contribution in [0.25, 0.3) is 22.6 Å². The van der Waals surface area contributed by atoms with Crippen LogP contribution in [0.2, 0.25) is 0 Å². The predicted octanol–water partition coefficient (Wildman–Crippen LogP) is 3.33. The zero-order valence-corrected chi connectivity index (χ0v) is 22.3. The van der Waals surface area contributed by atoms with Crippen molar-refractivity contribution in [3.63, 3.8) is 0 Å². The van der Waals surface area contributed by atoms with E-state index in [-0.39, 0.29) is 31.4 Å². The van der Waals surface area contributed by atoms with Crippen LogP contribution in [0.5, 0.6) is 5.88 Å². The Hall–Kier alpha value is -4.12. The smallest absolute Gasteiger partial charge is 0.228 e. The molecule has 206 valence electrons. The Bertz CT molecular complexity index is 1310. The van der Waals surface area contributed by atoms with E-state index in [1.165, 1.54) is 12.8 Å². The Labute approximate surface area is 227 Å². The number of nitrogens with two attached hydrogens (primary N) is 1. The van der Waals surface area contributed by atoms with Crippen LogP contribution in [-0.2, 0) is 9.59 Å². The molecule has 5 N–H and O–H groups in total. The number of nitrogens with one attached hydrogen (secondary N) is 2. The van der Waals surface area contributed by atoms with Gasteiger partial charge in [-0.1, -0.05) is 6.92 Å². The first-order valence-corrected chi connectivity index (χ1v) is 13.1. The summed E-state index contributed by atoms with van der Waals surface area (Å²) in [4.78, 5) is 39.0. The van der Waals surface area contributed by atoms with Crippen LogP contribution < -0.4 is 21.1 Å². The van der Waals surface area contributed by atoms with Crippen LogP contribution in [0, 0.1) is 18.3 Å². The van der Waals surface area contributed by atoms with Crippen molar-refractivity contribution in [1.82, 2.24) is 19.9 Å². The first-order valence-electron chi connectivity index (χ1n) is 13.1. The Morgan fingerprint density at radius 1 is 1.23 bits per heavy atom. The van der Waals surface area contributed by atoms with Crippen molar-refractivity contribution in [3.8, 4) is 28.5 Å². The fourth-order valence-electron chi connectivity index (χ4n) is 3.99. The molecule has 0 radical (unpaired) electrons. The van der Waals surface area contributed by atoms with Gasteiger partial charge in [0.05, 0.1) is 24.2 Å². The van der Waals surface area contributed by atoms with Gasteiger partial charge in [-0.3, -0.25) is 14.6 Å². The molecule has 0 aromatic carbocycles. The van der Waals surface area contributed by atoms with Crippen molar-refractivity contribution in [2.45, 2.75) is 46.0 Å². The van der Waals surface area contributed by atoms with Gasteiger partial charge in [-0.2, -0.15) is 4.98 Å². The van der Waals surface area contributed by atoms with Gasteiger partial charge in [0.25, 0.3) is 0 Å². The van der Waals surface area contributed by atoms with E-state index in [1.54, 1.807) is 24.4 Å². The van der Waals surface area contributed by atoms with Gasteiger partial charge in [-0.25, -0.2) is 9.97 Å². The highest BCUT2D eigenvalue weighted by Gasteiger charge is 2.36. The molecule has 11 nitrogen and oxygen atoms in total. The Morgan fingerprint density at radius 2 is 2.00 bits per heavy atom. The Morgan fingerprint density at radius 3 is 2.69 bits per heavy atom.